The van der Waals surface area contributed by atoms with E-state index in [0.29, 0.717) is 0 Å². The van der Waals surface area contributed by atoms with Crippen molar-refractivity contribution in [3.8, 4) is 0 Å². The average Bonchev–Trinajstić information content (AvgIpc) is 2.46. The molecular weight excluding hydrogens is 276 g/mol. The quantitative estimate of drug-likeness (QED) is 0.247. The average molecular weight is 312 g/mol. The highest BCUT2D eigenvalue weighted by Gasteiger charge is 2.23. The van der Waals surface area contributed by atoms with Crippen molar-refractivity contribution < 1.29 is 14.3 Å². The Morgan fingerprint density at radius 1 is 0.955 bits per heavy atom. The zero-order chi connectivity index (χ0) is 17.0. The second-order valence-corrected chi connectivity index (χ2v) is 6.77. The van der Waals surface area contributed by atoms with Gasteiger partial charge in [-0.15, -0.1) is 0 Å². The molecule has 0 aliphatic heterocycles. The first-order chi connectivity index (χ1) is 10.4. The van der Waals surface area contributed by atoms with E-state index in [4.69, 9.17) is 9.47 Å². The van der Waals surface area contributed by atoms with Gasteiger partial charge in [0.1, 0.15) is 12.2 Å². The summed E-state index contributed by atoms with van der Waals surface area (Å²) in [5, 5.41) is 0. The Kier molecular flexibility index (Phi) is 12.0. The third-order valence-corrected chi connectivity index (χ3v) is 3.90. The third-order valence-electron chi connectivity index (χ3n) is 3.90. The first-order valence-corrected chi connectivity index (χ1v) is 8.92. The molecule has 3 heteroatoms. The molecule has 0 rings (SSSR count). The van der Waals surface area contributed by atoms with Crippen molar-refractivity contribution in [1.82, 2.24) is 0 Å². The van der Waals surface area contributed by atoms with Crippen LogP contribution in [0.15, 0.2) is 12.7 Å². The minimum atomic E-state index is -0.566. The van der Waals surface area contributed by atoms with Gasteiger partial charge in [0.05, 0.1) is 0 Å². The van der Waals surface area contributed by atoms with Gasteiger partial charge in [-0.2, -0.15) is 0 Å². The van der Waals surface area contributed by atoms with Crippen LogP contribution in [0.25, 0.3) is 0 Å². The van der Waals surface area contributed by atoms with Gasteiger partial charge in [0.15, 0.2) is 0 Å². The zero-order valence-electron chi connectivity index (χ0n) is 15.3. The monoisotopic (exact) mass is 312 g/mol. The minimum absolute atomic E-state index is 0.105. The maximum atomic E-state index is 11.9. The molecule has 0 aliphatic rings. The molecule has 0 spiro atoms. The lowest BCUT2D eigenvalue weighted by atomic mass is 9.96. The standard InChI is InChI=1S/C19H36O3/c1-7-9-10-11-12-13-14-17(8-2)21-19(20)22-18(15(3)4)16(5)6/h8,15-18H,2,7,9-14H2,1,3-6H3. The normalized spacial score (nSPS) is 12.7. The molecule has 3 nitrogen and oxygen atoms in total. The Hall–Kier alpha value is -0.990. The Labute approximate surface area is 137 Å². The second kappa shape index (κ2) is 12.5. The second-order valence-electron chi connectivity index (χ2n) is 6.77. The lowest BCUT2D eigenvalue weighted by molar-refractivity contribution is -0.0221. The van der Waals surface area contributed by atoms with Gasteiger partial charge in [-0.25, -0.2) is 4.79 Å². The summed E-state index contributed by atoms with van der Waals surface area (Å²) in [7, 11) is 0. The van der Waals surface area contributed by atoms with Gasteiger partial charge < -0.3 is 9.47 Å². The van der Waals surface area contributed by atoms with E-state index >= 15 is 0 Å². The molecule has 0 bridgehead atoms. The number of hydrogen-bond acceptors (Lipinski definition) is 3. The molecule has 0 heterocycles. The van der Waals surface area contributed by atoms with Gasteiger partial charge in [-0.1, -0.05) is 79.4 Å². The summed E-state index contributed by atoms with van der Waals surface area (Å²) < 4.78 is 10.8. The number of hydrogen-bond donors (Lipinski definition) is 0. The van der Waals surface area contributed by atoms with E-state index in [-0.39, 0.29) is 24.0 Å². The number of ether oxygens (including phenoxy) is 2. The van der Waals surface area contributed by atoms with E-state index in [0.717, 1.165) is 12.8 Å². The van der Waals surface area contributed by atoms with Gasteiger partial charge in [-0.05, 0) is 24.7 Å². The van der Waals surface area contributed by atoms with Crippen molar-refractivity contribution >= 4 is 6.16 Å². The first-order valence-electron chi connectivity index (χ1n) is 8.92. The van der Waals surface area contributed by atoms with Crippen molar-refractivity contribution in [2.75, 3.05) is 0 Å². The zero-order valence-corrected chi connectivity index (χ0v) is 15.3. The van der Waals surface area contributed by atoms with Crippen molar-refractivity contribution in [2.24, 2.45) is 11.8 Å². The van der Waals surface area contributed by atoms with Gasteiger partial charge in [0.2, 0.25) is 0 Å². The molecule has 0 saturated carbocycles. The fourth-order valence-electron chi connectivity index (χ4n) is 2.66. The molecule has 0 aliphatic carbocycles. The summed E-state index contributed by atoms with van der Waals surface area (Å²) in [4.78, 5) is 11.9. The van der Waals surface area contributed by atoms with Crippen LogP contribution in [0.4, 0.5) is 4.79 Å². The fraction of sp³-hybridized carbons (Fsp3) is 0.842. The molecular formula is C19H36O3. The largest absolute Gasteiger partial charge is 0.509 e. The molecule has 0 saturated heterocycles. The summed E-state index contributed by atoms with van der Waals surface area (Å²) in [6, 6.07) is 0. The van der Waals surface area contributed by atoms with Crippen LogP contribution in [0.2, 0.25) is 0 Å². The summed E-state index contributed by atoms with van der Waals surface area (Å²) >= 11 is 0. The van der Waals surface area contributed by atoms with E-state index < -0.39 is 6.16 Å². The predicted octanol–water partition coefficient (Wildman–Crippen LogP) is 6.13. The molecule has 1 atom stereocenters. The topological polar surface area (TPSA) is 35.5 Å². The molecule has 0 amide bonds. The highest BCUT2D eigenvalue weighted by atomic mass is 16.7. The SMILES string of the molecule is C=CC(CCCCCCCC)OC(=O)OC(C(C)C)C(C)C. The molecule has 0 N–H and O–H groups in total. The predicted molar refractivity (Wildman–Crippen MR) is 93.0 cm³/mol. The minimum Gasteiger partial charge on any atom is -0.430 e. The number of rotatable bonds is 12. The van der Waals surface area contributed by atoms with Gasteiger partial charge >= 0.3 is 6.16 Å². The van der Waals surface area contributed by atoms with Crippen molar-refractivity contribution in [3.05, 3.63) is 12.7 Å². The smallest absolute Gasteiger partial charge is 0.430 e. The van der Waals surface area contributed by atoms with Crippen molar-refractivity contribution in [1.29, 1.82) is 0 Å². The Morgan fingerprint density at radius 2 is 1.50 bits per heavy atom. The summed E-state index contributed by atoms with van der Waals surface area (Å²) in [6.45, 7) is 14.2. The van der Waals surface area contributed by atoms with Crippen LogP contribution in [-0.4, -0.2) is 18.4 Å². The van der Waals surface area contributed by atoms with Crippen LogP contribution >= 0.6 is 0 Å². The number of carbonyl (C=O) groups excluding carboxylic acids is 1. The van der Waals surface area contributed by atoms with Crippen molar-refractivity contribution in [3.63, 3.8) is 0 Å². The molecule has 0 aromatic carbocycles. The van der Waals surface area contributed by atoms with Crippen LogP contribution in [0.1, 0.15) is 79.6 Å². The highest BCUT2D eigenvalue weighted by Crippen LogP contribution is 2.18. The summed E-state index contributed by atoms with van der Waals surface area (Å²) in [6.07, 6.45) is 8.99. The molecule has 0 aromatic rings. The van der Waals surface area contributed by atoms with Gasteiger partial charge in [-0.3, -0.25) is 0 Å². The lowest BCUT2D eigenvalue weighted by Crippen LogP contribution is -2.30. The van der Waals surface area contributed by atoms with Crippen molar-refractivity contribution in [2.45, 2.75) is 91.8 Å². The Balaban J connectivity index is 4.04. The number of carbonyl (C=O) groups is 1. The molecule has 0 radical (unpaired) electrons. The Bertz CT molecular complexity index is 289. The summed E-state index contributed by atoms with van der Waals surface area (Å²) in [5.41, 5.74) is 0. The van der Waals surface area contributed by atoms with E-state index in [2.05, 4.69) is 41.2 Å². The van der Waals surface area contributed by atoms with Crippen LogP contribution < -0.4 is 0 Å². The molecule has 0 fully saturated rings. The number of unbranched alkanes of at least 4 members (excludes halogenated alkanes) is 5. The lowest BCUT2D eigenvalue weighted by Gasteiger charge is -2.25. The van der Waals surface area contributed by atoms with Crippen LogP contribution in [-0.2, 0) is 9.47 Å². The maximum Gasteiger partial charge on any atom is 0.509 e. The molecule has 1 unspecified atom stereocenters. The summed E-state index contributed by atoms with van der Waals surface area (Å²) in [5.74, 6) is 0.571. The van der Waals surface area contributed by atoms with E-state index in [1.807, 2.05) is 0 Å². The molecule has 130 valence electrons. The highest BCUT2D eigenvalue weighted by molar-refractivity contribution is 5.60. The molecule has 0 aromatic heterocycles. The van der Waals surface area contributed by atoms with Crippen LogP contribution in [0.5, 0.6) is 0 Å². The van der Waals surface area contributed by atoms with E-state index in [9.17, 15) is 4.79 Å². The Morgan fingerprint density at radius 3 is 2.00 bits per heavy atom. The fourth-order valence-corrected chi connectivity index (χ4v) is 2.66. The first kappa shape index (κ1) is 21.0. The molecule has 22 heavy (non-hydrogen) atoms. The van der Waals surface area contributed by atoms with E-state index in [1.54, 1.807) is 6.08 Å². The van der Waals surface area contributed by atoms with Crippen LogP contribution in [0.3, 0.4) is 0 Å². The van der Waals surface area contributed by atoms with Gasteiger partial charge in [0, 0.05) is 0 Å². The maximum absolute atomic E-state index is 11.9. The van der Waals surface area contributed by atoms with Gasteiger partial charge in [0.25, 0.3) is 0 Å². The van der Waals surface area contributed by atoms with E-state index in [1.165, 1.54) is 32.1 Å². The van der Waals surface area contributed by atoms with Crippen LogP contribution in [0, 0.1) is 11.8 Å². The third kappa shape index (κ3) is 9.86.